The number of methoxy groups -OCH3 is 1. The molecule has 5 rings (SSSR count). The largest absolute Gasteiger partial charge is 0.497 e. The van der Waals surface area contributed by atoms with Gasteiger partial charge in [-0.15, -0.1) is 11.3 Å². The third kappa shape index (κ3) is 4.10. The summed E-state index contributed by atoms with van der Waals surface area (Å²) < 4.78 is 10.9. The monoisotopic (exact) mass is 460 g/mol. The summed E-state index contributed by atoms with van der Waals surface area (Å²) in [5.41, 5.74) is 3.21. The molecule has 4 aromatic rings. The first-order valence-electron chi connectivity index (χ1n) is 10.3. The van der Waals surface area contributed by atoms with Crippen LogP contribution in [-0.4, -0.2) is 34.6 Å². The Kier molecular flexibility index (Phi) is 5.39. The van der Waals surface area contributed by atoms with Crippen molar-refractivity contribution >= 4 is 46.0 Å². The fraction of sp³-hybridized carbons (Fsp3) is 0.167. The molecule has 166 valence electrons. The van der Waals surface area contributed by atoms with Gasteiger partial charge in [-0.1, -0.05) is 12.1 Å². The summed E-state index contributed by atoms with van der Waals surface area (Å²) in [6, 6.07) is 16.3. The second kappa shape index (κ2) is 8.51. The minimum Gasteiger partial charge on any atom is -0.497 e. The van der Waals surface area contributed by atoms with E-state index < -0.39 is 0 Å². The minimum absolute atomic E-state index is 0.102. The van der Waals surface area contributed by atoms with Crippen molar-refractivity contribution in [3.05, 3.63) is 76.0 Å². The number of nitrogens with zero attached hydrogens (tertiary/aromatic N) is 3. The lowest BCUT2D eigenvalue weighted by molar-refractivity contribution is -0.130. The lowest BCUT2D eigenvalue weighted by Gasteiger charge is -2.18. The van der Waals surface area contributed by atoms with Gasteiger partial charge in [-0.3, -0.25) is 14.9 Å². The molecule has 2 aromatic carbocycles. The fourth-order valence-electron chi connectivity index (χ4n) is 3.77. The van der Waals surface area contributed by atoms with Crippen LogP contribution >= 0.6 is 11.3 Å². The molecule has 0 spiro atoms. The first kappa shape index (κ1) is 20.9. The Morgan fingerprint density at radius 3 is 2.82 bits per heavy atom. The average molecular weight is 461 g/mol. The highest BCUT2D eigenvalue weighted by molar-refractivity contribution is 7.10. The number of hydrogen-bond donors (Lipinski definition) is 1. The number of oxazole rings is 1. The van der Waals surface area contributed by atoms with Gasteiger partial charge in [-0.25, -0.2) is 5.01 Å². The molecule has 3 heterocycles. The van der Waals surface area contributed by atoms with Gasteiger partial charge in [-0.2, -0.15) is 10.1 Å². The SMILES string of the molecule is COc1cccc(C(=O)Nc2nc3cc(C4=NN(C(C)=O)C(c5cccs5)C4)ccc3o2)c1. The number of hydrogen-bond acceptors (Lipinski definition) is 7. The van der Waals surface area contributed by atoms with Crippen LogP contribution in [0.3, 0.4) is 0 Å². The van der Waals surface area contributed by atoms with Gasteiger partial charge < -0.3 is 9.15 Å². The van der Waals surface area contributed by atoms with E-state index in [1.165, 1.54) is 11.9 Å². The van der Waals surface area contributed by atoms with Crippen LogP contribution in [0.15, 0.2) is 69.5 Å². The molecule has 1 aliphatic rings. The second-order valence-electron chi connectivity index (χ2n) is 7.53. The fourth-order valence-corrected chi connectivity index (χ4v) is 4.58. The summed E-state index contributed by atoms with van der Waals surface area (Å²) in [6.45, 7) is 1.52. The van der Waals surface area contributed by atoms with Crippen molar-refractivity contribution in [2.75, 3.05) is 12.4 Å². The van der Waals surface area contributed by atoms with Crippen molar-refractivity contribution in [3.63, 3.8) is 0 Å². The summed E-state index contributed by atoms with van der Waals surface area (Å²) in [7, 11) is 1.54. The van der Waals surface area contributed by atoms with Crippen LogP contribution in [0.1, 0.15) is 40.2 Å². The van der Waals surface area contributed by atoms with Gasteiger partial charge in [0.2, 0.25) is 5.91 Å². The van der Waals surface area contributed by atoms with Crippen LogP contribution in [0, 0.1) is 0 Å². The summed E-state index contributed by atoms with van der Waals surface area (Å²) in [4.78, 5) is 30.2. The smallest absolute Gasteiger partial charge is 0.302 e. The Morgan fingerprint density at radius 2 is 2.06 bits per heavy atom. The van der Waals surface area contributed by atoms with Gasteiger partial charge >= 0.3 is 6.01 Å². The topological polar surface area (TPSA) is 97.0 Å². The molecule has 8 nitrogen and oxygen atoms in total. The molecule has 0 fully saturated rings. The molecule has 33 heavy (non-hydrogen) atoms. The second-order valence-corrected chi connectivity index (χ2v) is 8.51. The maximum Gasteiger partial charge on any atom is 0.302 e. The summed E-state index contributed by atoms with van der Waals surface area (Å²) in [5, 5.41) is 10.8. The van der Waals surface area contributed by atoms with E-state index in [0.29, 0.717) is 28.8 Å². The number of anilines is 1. The molecular weight excluding hydrogens is 440 g/mol. The van der Waals surface area contributed by atoms with Crippen LogP contribution in [0.25, 0.3) is 11.1 Å². The lowest BCUT2D eigenvalue weighted by atomic mass is 10.0. The number of benzene rings is 2. The molecular formula is C24H20N4O4S. The standard InChI is InChI=1S/C24H20N4O4S/c1-14(29)28-20(22-7-4-10-33-22)13-18(27-28)15-8-9-21-19(12-15)25-24(32-21)26-23(30)16-5-3-6-17(11-16)31-2/h3-12,20H,13H2,1-2H3,(H,25,26,30). The van der Waals surface area contributed by atoms with Gasteiger partial charge in [0.15, 0.2) is 5.58 Å². The number of aromatic nitrogens is 1. The number of rotatable bonds is 5. The van der Waals surface area contributed by atoms with Crippen molar-refractivity contribution in [1.29, 1.82) is 0 Å². The molecule has 0 saturated carbocycles. The van der Waals surface area contributed by atoms with E-state index in [-0.39, 0.29) is 23.9 Å². The summed E-state index contributed by atoms with van der Waals surface area (Å²) in [6.07, 6.45) is 0.614. The molecule has 0 radical (unpaired) electrons. The molecule has 1 aliphatic heterocycles. The van der Waals surface area contributed by atoms with Crippen molar-refractivity contribution < 1.29 is 18.7 Å². The number of carbonyl (C=O) groups is 2. The van der Waals surface area contributed by atoms with E-state index in [0.717, 1.165) is 16.2 Å². The molecule has 1 unspecified atom stereocenters. The number of fused-ring (bicyclic) bond motifs is 1. The van der Waals surface area contributed by atoms with Crippen molar-refractivity contribution in [3.8, 4) is 5.75 Å². The van der Waals surface area contributed by atoms with E-state index in [1.54, 1.807) is 48.8 Å². The number of hydrazone groups is 1. The van der Waals surface area contributed by atoms with Gasteiger partial charge in [0, 0.05) is 29.3 Å². The zero-order chi connectivity index (χ0) is 22.9. The molecule has 1 atom stereocenters. The zero-order valence-electron chi connectivity index (χ0n) is 17.9. The Hall–Kier alpha value is -3.98. The number of amides is 2. The van der Waals surface area contributed by atoms with Crippen LogP contribution < -0.4 is 10.1 Å². The Morgan fingerprint density at radius 1 is 1.18 bits per heavy atom. The predicted molar refractivity (Wildman–Crippen MR) is 126 cm³/mol. The highest BCUT2D eigenvalue weighted by Gasteiger charge is 2.32. The highest BCUT2D eigenvalue weighted by atomic mass is 32.1. The number of ether oxygens (including phenoxy) is 1. The first-order chi connectivity index (χ1) is 16.0. The van der Waals surface area contributed by atoms with Crippen molar-refractivity contribution in [2.24, 2.45) is 5.10 Å². The summed E-state index contributed by atoms with van der Waals surface area (Å²) in [5.74, 6) is 0.132. The van der Waals surface area contributed by atoms with Gasteiger partial charge in [0.1, 0.15) is 11.3 Å². The van der Waals surface area contributed by atoms with Gasteiger partial charge in [-0.05, 0) is 47.8 Å². The van der Waals surface area contributed by atoms with Gasteiger partial charge in [0.05, 0.1) is 18.9 Å². The normalized spacial score (nSPS) is 15.5. The highest BCUT2D eigenvalue weighted by Crippen LogP contribution is 2.35. The number of thiophene rings is 1. The lowest BCUT2D eigenvalue weighted by Crippen LogP contribution is -2.23. The van der Waals surface area contributed by atoms with E-state index in [1.807, 2.05) is 29.6 Å². The Balaban J connectivity index is 1.39. The van der Waals surface area contributed by atoms with Crippen molar-refractivity contribution in [1.82, 2.24) is 9.99 Å². The van der Waals surface area contributed by atoms with Crippen molar-refractivity contribution in [2.45, 2.75) is 19.4 Å². The quantitative estimate of drug-likeness (QED) is 0.459. The van der Waals surface area contributed by atoms with E-state index in [4.69, 9.17) is 9.15 Å². The maximum absolute atomic E-state index is 12.6. The molecule has 9 heteroatoms. The summed E-state index contributed by atoms with van der Waals surface area (Å²) >= 11 is 1.61. The first-order valence-corrected chi connectivity index (χ1v) is 11.2. The van der Waals surface area contributed by atoms with Gasteiger partial charge in [0.25, 0.3) is 5.91 Å². The molecule has 2 aromatic heterocycles. The third-order valence-corrected chi connectivity index (χ3v) is 6.35. The van der Waals surface area contributed by atoms with E-state index in [2.05, 4.69) is 15.4 Å². The van der Waals surface area contributed by atoms with Crippen LogP contribution in [-0.2, 0) is 4.79 Å². The predicted octanol–water partition coefficient (Wildman–Crippen LogP) is 4.85. The van der Waals surface area contributed by atoms with E-state index >= 15 is 0 Å². The third-order valence-electron chi connectivity index (χ3n) is 5.38. The molecule has 1 N–H and O–H groups in total. The minimum atomic E-state index is -0.350. The number of nitrogens with one attached hydrogen (secondary N) is 1. The maximum atomic E-state index is 12.6. The Labute approximate surface area is 193 Å². The molecule has 0 saturated heterocycles. The van der Waals surface area contributed by atoms with Crippen LogP contribution in [0.4, 0.5) is 6.01 Å². The molecule has 2 amide bonds. The zero-order valence-corrected chi connectivity index (χ0v) is 18.8. The Bertz CT molecular complexity index is 1380. The van der Waals surface area contributed by atoms with Crippen LogP contribution in [0.2, 0.25) is 0 Å². The number of carbonyl (C=O) groups excluding carboxylic acids is 2. The average Bonchev–Trinajstić information content (AvgIpc) is 3.57. The molecule has 0 aliphatic carbocycles. The van der Waals surface area contributed by atoms with Crippen LogP contribution in [0.5, 0.6) is 5.75 Å². The molecule has 0 bridgehead atoms. The van der Waals surface area contributed by atoms with E-state index in [9.17, 15) is 9.59 Å².